The number of nitrogens with one attached hydrogen (secondary N) is 1. The van der Waals surface area contributed by atoms with Crippen LogP contribution >= 0.6 is 11.6 Å². The van der Waals surface area contributed by atoms with Crippen LogP contribution in [0.2, 0.25) is 0 Å². The van der Waals surface area contributed by atoms with Crippen LogP contribution in [0.1, 0.15) is 6.42 Å². The highest BCUT2D eigenvalue weighted by molar-refractivity contribution is 6.17. The van der Waals surface area contributed by atoms with Crippen LogP contribution in [0.15, 0.2) is 12.7 Å². The minimum absolute atomic E-state index is 0.357. The molecule has 2 nitrogen and oxygen atoms in total. The summed E-state index contributed by atoms with van der Waals surface area (Å²) < 4.78 is 5.00. The summed E-state index contributed by atoms with van der Waals surface area (Å²) in [5, 5.41) is 3.24. The minimum atomic E-state index is 0.357. The lowest BCUT2D eigenvalue weighted by Gasteiger charge is -2.14. The first-order chi connectivity index (χ1) is 5.35. The molecule has 0 aliphatic rings. The van der Waals surface area contributed by atoms with Crippen LogP contribution in [0.4, 0.5) is 0 Å². The highest BCUT2D eigenvalue weighted by atomic mass is 35.5. The fourth-order valence-corrected chi connectivity index (χ4v) is 1.09. The Balaban J connectivity index is 3.41. The molecule has 0 fully saturated rings. The van der Waals surface area contributed by atoms with Gasteiger partial charge in [-0.1, -0.05) is 6.08 Å². The number of rotatable bonds is 7. The molecule has 0 aliphatic heterocycles. The smallest absolute Gasteiger partial charge is 0.0616 e. The summed E-state index contributed by atoms with van der Waals surface area (Å²) in [6.07, 6.45) is 2.76. The molecule has 0 saturated carbocycles. The van der Waals surface area contributed by atoms with Gasteiger partial charge < -0.3 is 10.1 Å². The maximum atomic E-state index is 5.59. The molecule has 11 heavy (non-hydrogen) atoms. The lowest BCUT2D eigenvalue weighted by molar-refractivity contribution is 0.166. The van der Waals surface area contributed by atoms with Crippen LogP contribution in [0, 0.1) is 0 Å². The van der Waals surface area contributed by atoms with E-state index >= 15 is 0 Å². The van der Waals surface area contributed by atoms with Gasteiger partial charge in [0.15, 0.2) is 0 Å². The zero-order chi connectivity index (χ0) is 8.53. The highest BCUT2D eigenvalue weighted by Gasteiger charge is 2.04. The molecule has 0 radical (unpaired) electrons. The van der Waals surface area contributed by atoms with Gasteiger partial charge in [0.05, 0.1) is 6.61 Å². The summed E-state index contributed by atoms with van der Waals surface area (Å²) in [6.45, 7) is 5.14. The molecule has 0 spiro atoms. The summed E-state index contributed by atoms with van der Waals surface area (Å²) >= 11 is 5.59. The Labute approximate surface area is 73.6 Å². The van der Waals surface area contributed by atoms with Crippen molar-refractivity contribution in [3.63, 3.8) is 0 Å². The van der Waals surface area contributed by atoms with Gasteiger partial charge in [0, 0.05) is 25.6 Å². The Bertz CT molecular complexity index is 92.1. The molecule has 0 bridgehead atoms. The molecule has 0 rings (SSSR count). The van der Waals surface area contributed by atoms with E-state index in [1.807, 2.05) is 6.08 Å². The average molecular weight is 178 g/mol. The van der Waals surface area contributed by atoms with Crippen molar-refractivity contribution in [2.75, 3.05) is 26.1 Å². The average Bonchev–Trinajstić information content (AvgIpc) is 2.01. The summed E-state index contributed by atoms with van der Waals surface area (Å²) in [7, 11) is 1.69. The summed E-state index contributed by atoms with van der Waals surface area (Å²) in [6, 6.07) is 0.357. The first-order valence-electron chi connectivity index (χ1n) is 3.74. The van der Waals surface area contributed by atoms with E-state index in [0.717, 1.165) is 13.0 Å². The third kappa shape index (κ3) is 6.35. The van der Waals surface area contributed by atoms with E-state index in [2.05, 4.69) is 11.9 Å². The van der Waals surface area contributed by atoms with Crippen LogP contribution < -0.4 is 5.32 Å². The van der Waals surface area contributed by atoms with Gasteiger partial charge in [-0.3, -0.25) is 0 Å². The Hall–Kier alpha value is -0.0500. The second kappa shape index (κ2) is 8.05. The van der Waals surface area contributed by atoms with Crippen LogP contribution in [0.5, 0.6) is 0 Å². The lowest BCUT2D eigenvalue weighted by Crippen LogP contribution is -2.33. The van der Waals surface area contributed by atoms with E-state index in [1.165, 1.54) is 0 Å². The predicted octanol–water partition coefficient (Wildman–Crippen LogP) is 1.41. The molecule has 0 aromatic rings. The van der Waals surface area contributed by atoms with Gasteiger partial charge in [0.1, 0.15) is 0 Å². The number of alkyl halides is 1. The number of hydrogen-bond acceptors (Lipinski definition) is 2. The molecule has 0 aromatic carbocycles. The standard InChI is InChI=1S/C8H16ClNO/c1-3-6-10-8(4-5-9)7-11-2/h3,8,10H,1,4-7H2,2H3. The summed E-state index contributed by atoms with van der Waals surface area (Å²) in [5.74, 6) is 0.665. The molecule has 0 aromatic heterocycles. The Morgan fingerprint density at radius 1 is 1.73 bits per heavy atom. The third-order valence-electron chi connectivity index (χ3n) is 1.38. The maximum absolute atomic E-state index is 5.59. The molecule has 1 atom stereocenters. The third-order valence-corrected chi connectivity index (χ3v) is 1.59. The van der Waals surface area contributed by atoms with Gasteiger partial charge in [-0.15, -0.1) is 18.2 Å². The number of halogens is 1. The summed E-state index contributed by atoms with van der Waals surface area (Å²) in [5.41, 5.74) is 0. The monoisotopic (exact) mass is 177 g/mol. The quantitative estimate of drug-likeness (QED) is 0.469. The molecule has 0 saturated heterocycles. The molecular weight excluding hydrogens is 162 g/mol. The number of ether oxygens (including phenoxy) is 1. The van der Waals surface area contributed by atoms with Crippen molar-refractivity contribution in [3.8, 4) is 0 Å². The van der Waals surface area contributed by atoms with Gasteiger partial charge in [-0.05, 0) is 6.42 Å². The van der Waals surface area contributed by atoms with E-state index in [9.17, 15) is 0 Å². The zero-order valence-electron chi connectivity index (χ0n) is 6.98. The maximum Gasteiger partial charge on any atom is 0.0616 e. The summed E-state index contributed by atoms with van der Waals surface area (Å²) in [4.78, 5) is 0. The molecule has 3 heteroatoms. The van der Waals surface area contributed by atoms with E-state index < -0.39 is 0 Å². The topological polar surface area (TPSA) is 21.3 Å². The number of methoxy groups -OCH3 is 1. The van der Waals surface area contributed by atoms with Gasteiger partial charge >= 0.3 is 0 Å². The van der Waals surface area contributed by atoms with Gasteiger partial charge in [-0.25, -0.2) is 0 Å². The van der Waals surface area contributed by atoms with Crippen molar-refractivity contribution in [2.24, 2.45) is 0 Å². The van der Waals surface area contributed by atoms with Gasteiger partial charge in [-0.2, -0.15) is 0 Å². The SMILES string of the molecule is C=CCNC(CCCl)COC. The zero-order valence-corrected chi connectivity index (χ0v) is 7.73. The van der Waals surface area contributed by atoms with E-state index in [1.54, 1.807) is 7.11 Å². The van der Waals surface area contributed by atoms with E-state index in [0.29, 0.717) is 18.5 Å². The molecule has 66 valence electrons. The molecule has 1 unspecified atom stereocenters. The molecule has 1 N–H and O–H groups in total. The number of hydrogen-bond donors (Lipinski definition) is 1. The second-order valence-corrected chi connectivity index (χ2v) is 2.70. The van der Waals surface area contributed by atoms with Crippen LogP contribution in [0.25, 0.3) is 0 Å². The Morgan fingerprint density at radius 2 is 2.45 bits per heavy atom. The van der Waals surface area contributed by atoms with Gasteiger partial charge in [0.2, 0.25) is 0 Å². The normalized spacial score (nSPS) is 12.9. The fourth-order valence-electron chi connectivity index (χ4n) is 0.827. The molecular formula is C8H16ClNO. The fraction of sp³-hybridized carbons (Fsp3) is 0.750. The largest absolute Gasteiger partial charge is 0.383 e. The van der Waals surface area contributed by atoms with E-state index in [4.69, 9.17) is 16.3 Å². The first-order valence-corrected chi connectivity index (χ1v) is 4.27. The molecule has 0 amide bonds. The van der Waals surface area contributed by atoms with Crippen molar-refractivity contribution in [1.82, 2.24) is 5.32 Å². The Kier molecular flexibility index (Phi) is 8.01. The first kappa shape index (κ1) is 11.0. The predicted molar refractivity (Wildman–Crippen MR) is 49.2 cm³/mol. The van der Waals surface area contributed by atoms with E-state index in [-0.39, 0.29) is 0 Å². The van der Waals surface area contributed by atoms with Gasteiger partial charge in [0.25, 0.3) is 0 Å². The Morgan fingerprint density at radius 3 is 2.91 bits per heavy atom. The van der Waals surface area contributed by atoms with Crippen molar-refractivity contribution in [1.29, 1.82) is 0 Å². The lowest BCUT2D eigenvalue weighted by atomic mass is 10.2. The minimum Gasteiger partial charge on any atom is -0.383 e. The highest BCUT2D eigenvalue weighted by Crippen LogP contribution is 1.94. The van der Waals surface area contributed by atoms with Crippen LogP contribution in [-0.2, 0) is 4.74 Å². The molecule has 0 aliphatic carbocycles. The van der Waals surface area contributed by atoms with Crippen molar-refractivity contribution < 1.29 is 4.74 Å². The van der Waals surface area contributed by atoms with Crippen molar-refractivity contribution in [2.45, 2.75) is 12.5 Å². The van der Waals surface area contributed by atoms with Crippen LogP contribution in [0.3, 0.4) is 0 Å². The second-order valence-electron chi connectivity index (χ2n) is 2.33. The molecule has 0 heterocycles. The van der Waals surface area contributed by atoms with Crippen LogP contribution in [-0.4, -0.2) is 32.2 Å². The van der Waals surface area contributed by atoms with Crippen molar-refractivity contribution >= 4 is 11.6 Å². The van der Waals surface area contributed by atoms with Crippen molar-refractivity contribution in [3.05, 3.63) is 12.7 Å².